The fraction of sp³-hybridized carbons (Fsp3) is 0.0667. The van der Waals surface area contributed by atoms with E-state index in [2.05, 4.69) is 20.5 Å². The number of nitrogens with one attached hydrogen (secondary N) is 2. The second kappa shape index (κ2) is 5.65. The molecule has 110 valence electrons. The lowest BCUT2D eigenvalue weighted by atomic mass is 10.1. The van der Waals surface area contributed by atoms with E-state index in [1.165, 1.54) is 0 Å². The summed E-state index contributed by atoms with van der Waals surface area (Å²) in [5.41, 5.74) is 7.49. The molecule has 22 heavy (non-hydrogen) atoms. The maximum absolute atomic E-state index is 12.0. The highest BCUT2D eigenvalue weighted by Crippen LogP contribution is 2.20. The van der Waals surface area contributed by atoms with Gasteiger partial charge < -0.3 is 11.1 Å². The first-order valence-electron chi connectivity index (χ1n) is 6.60. The van der Waals surface area contributed by atoms with Gasteiger partial charge in [0.2, 0.25) is 5.91 Å². The number of anilines is 1. The third-order valence-electron chi connectivity index (χ3n) is 3.17. The summed E-state index contributed by atoms with van der Waals surface area (Å²) < 4.78 is 0. The smallest absolute Gasteiger partial charge is 0.269 e. The minimum atomic E-state index is -0.620. The van der Waals surface area contributed by atoms with Gasteiger partial charge in [-0.25, -0.2) is 0 Å². The summed E-state index contributed by atoms with van der Waals surface area (Å²) in [6, 6.07) is 8.73. The van der Waals surface area contributed by atoms with Gasteiger partial charge in [0.05, 0.1) is 11.9 Å². The molecule has 0 aliphatic carbocycles. The summed E-state index contributed by atoms with van der Waals surface area (Å²) in [4.78, 5) is 27.3. The average molecular weight is 295 g/mol. The molecule has 0 unspecified atom stereocenters. The van der Waals surface area contributed by atoms with Gasteiger partial charge in [-0.05, 0) is 29.8 Å². The van der Waals surface area contributed by atoms with E-state index in [-0.39, 0.29) is 18.0 Å². The molecule has 0 spiro atoms. The highest BCUT2D eigenvalue weighted by molar-refractivity contribution is 6.05. The highest BCUT2D eigenvalue weighted by atomic mass is 16.2. The number of benzene rings is 1. The minimum absolute atomic E-state index is 0.151. The Bertz CT molecular complexity index is 842. The zero-order valence-corrected chi connectivity index (χ0v) is 11.5. The van der Waals surface area contributed by atoms with Gasteiger partial charge in [-0.15, -0.1) is 0 Å². The quantitative estimate of drug-likeness (QED) is 0.671. The number of nitrogens with two attached hydrogens (primary N) is 1. The van der Waals surface area contributed by atoms with Crippen molar-refractivity contribution in [3.63, 3.8) is 0 Å². The van der Waals surface area contributed by atoms with Crippen molar-refractivity contribution in [2.45, 2.75) is 6.42 Å². The number of carbonyl (C=O) groups excluding carboxylic acids is 2. The highest BCUT2D eigenvalue weighted by Gasteiger charge is 2.12. The number of rotatable bonds is 4. The monoisotopic (exact) mass is 295 g/mol. The Labute approximate surface area is 125 Å². The van der Waals surface area contributed by atoms with E-state index in [0.717, 1.165) is 5.56 Å². The second-order valence-corrected chi connectivity index (χ2v) is 4.78. The Morgan fingerprint density at radius 1 is 1.27 bits per heavy atom. The van der Waals surface area contributed by atoms with E-state index in [1.54, 1.807) is 36.7 Å². The number of pyridine rings is 1. The summed E-state index contributed by atoms with van der Waals surface area (Å²) >= 11 is 0. The third-order valence-corrected chi connectivity index (χ3v) is 3.17. The Morgan fingerprint density at radius 3 is 2.86 bits per heavy atom. The number of hydrogen-bond donors (Lipinski definition) is 3. The van der Waals surface area contributed by atoms with Gasteiger partial charge in [0, 0.05) is 23.5 Å². The largest absolute Gasteiger partial charge is 0.364 e. The van der Waals surface area contributed by atoms with Crippen molar-refractivity contribution in [2.75, 3.05) is 5.32 Å². The minimum Gasteiger partial charge on any atom is -0.364 e. The Hall–Kier alpha value is -3.22. The van der Waals surface area contributed by atoms with Gasteiger partial charge in [-0.1, -0.05) is 6.07 Å². The molecule has 3 aromatic rings. The topological polar surface area (TPSA) is 114 Å². The van der Waals surface area contributed by atoms with Crippen molar-refractivity contribution in [3.8, 4) is 0 Å². The summed E-state index contributed by atoms with van der Waals surface area (Å²) in [6.45, 7) is 0. The standard InChI is InChI=1S/C15H13N5O2/c16-15(22)14-11-7-10(3-4-12(11)19-20-14)18-13(21)6-9-2-1-5-17-8-9/h1-5,7-8H,6H2,(H2,16,22)(H,18,21)(H,19,20). The normalized spacial score (nSPS) is 10.5. The molecule has 0 atom stereocenters. The van der Waals surface area contributed by atoms with Gasteiger partial charge in [-0.3, -0.25) is 19.7 Å². The number of nitrogens with zero attached hydrogens (tertiary/aromatic N) is 2. The number of carbonyl (C=O) groups is 2. The molecule has 2 heterocycles. The molecule has 0 saturated heterocycles. The molecule has 0 bridgehead atoms. The third kappa shape index (κ3) is 2.78. The van der Waals surface area contributed by atoms with Crippen molar-refractivity contribution in [3.05, 3.63) is 54.0 Å². The van der Waals surface area contributed by atoms with Crippen LogP contribution in [0.3, 0.4) is 0 Å². The Morgan fingerprint density at radius 2 is 2.14 bits per heavy atom. The zero-order chi connectivity index (χ0) is 15.5. The van der Waals surface area contributed by atoms with Crippen LogP contribution in [0.25, 0.3) is 10.9 Å². The molecular weight excluding hydrogens is 282 g/mol. The number of fused-ring (bicyclic) bond motifs is 1. The Balaban J connectivity index is 1.80. The fourth-order valence-corrected chi connectivity index (χ4v) is 2.17. The van der Waals surface area contributed by atoms with E-state index in [9.17, 15) is 9.59 Å². The number of aromatic amines is 1. The van der Waals surface area contributed by atoms with E-state index in [4.69, 9.17) is 5.73 Å². The van der Waals surface area contributed by atoms with Gasteiger partial charge in [0.15, 0.2) is 5.69 Å². The SMILES string of the molecule is NC(=O)c1n[nH]c2ccc(NC(=O)Cc3cccnc3)cc12. The lowest BCUT2D eigenvalue weighted by Gasteiger charge is -2.05. The molecule has 2 aromatic heterocycles. The van der Waals surface area contributed by atoms with E-state index in [0.29, 0.717) is 16.6 Å². The van der Waals surface area contributed by atoms with Crippen molar-refractivity contribution in [2.24, 2.45) is 5.73 Å². The summed E-state index contributed by atoms with van der Waals surface area (Å²) in [5.74, 6) is -0.790. The van der Waals surface area contributed by atoms with Crippen molar-refractivity contribution >= 4 is 28.4 Å². The van der Waals surface area contributed by atoms with Crippen LogP contribution in [-0.2, 0) is 11.2 Å². The van der Waals surface area contributed by atoms with Gasteiger partial charge in [-0.2, -0.15) is 5.10 Å². The molecular formula is C15H13N5O2. The van der Waals surface area contributed by atoms with Crippen LogP contribution in [0.4, 0.5) is 5.69 Å². The Kier molecular flexibility index (Phi) is 3.53. The van der Waals surface area contributed by atoms with Crippen molar-refractivity contribution in [1.29, 1.82) is 0 Å². The summed E-state index contributed by atoms with van der Waals surface area (Å²) in [6.07, 6.45) is 3.52. The molecule has 0 radical (unpaired) electrons. The molecule has 0 saturated carbocycles. The average Bonchev–Trinajstić information content (AvgIpc) is 2.91. The van der Waals surface area contributed by atoms with Gasteiger partial charge >= 0.3 is 0 Å². The number of aromatic nitrogens is 3. The van der Waals surface area contributed by atoms with Crippen LogP contribution in [-0.4, -0.2) is 27.0 Å². The first-order valence-corrected chi connectivity index (χ1v) is 6.60. The van der Waals surface area contributed by atoms with Gasteiger partial charge in [0.25, 0.3) is 5.91 Å². The molecule has 7 heteroatoms. The predicted octanol–water partition coefficient (Wildman–Crippen LogP) is 1.24. The van der Waals surface area contributed by atoms with E-state index < -0.39 is 5.91 Å². The summed E-state index contributed by atoms with van der Waals surface area (Å²) in [5, 5.41) is 9.93. The molecule has 1 aromatic carbocycles. The van der Waals surface area contributed by atoms with Crippen LogP contribution in [0.2, 0.25) is 0 Å². The van der Waals surface area contributed by atoms with Crippen LogP contribution in [0.15, 0.2) is 42.7 Å². The van der Waals surface area contributed by atoms with Crippen molar-refractivity contribution in [1.82, 2.24) is 15.2 Å². The lowest BCUT2D eigenvalue weighted by molar-refractivity contribution is -0.115. The molecule has 0 aliphatic rings. The summed E-state index contributed by atoms with van der Waals surface area (Å²) in [7, 11) is 0. The fourth-order valence-electron chi connectivity index (χ4n) is 2.17. The molecule has 3 rings (SSSR count). The first-order chi connectivity index (χ1) is 10.6. The number of primary amides is 1. The molecule has 2 amide bonds. The van der Waals surface area contributed by atoms with Crippen LogP contribution in [0.5, 0.6) is 0 Å². The molecule has 7 nitrogen and oxygen atoms in total. The van der Waals surface area contributed by atoms with Crippen LogP contribution >= 0.6 is 0 Å². The van der Waals surface area contributed by atoms with Crippen LogP contribution in [0.1, 0.15) is 16.1 Å². The maximum atomic E-state index is 12.0. The number of hydrogen-bond acceptors (Lipinski definition) is 4. The van der Waals surface area contributed by atoms with Crippen LogP contribution in [0, 0.1) is 0 Å². The van der Waals surface area contributed by atoms with Crippen molar-refractivity contribution < 1.29 is 9.59 Å². The molecule has 4 N–H and O–H groups in total. The maximum Gasteiger partial charge on any atom is 0.269 e. The van der Waals surface area contributed by atoms with Gasteiger partial charge in [0.1, 0.15) is 0 Å². The lowest BCUT2D eigenvalue weighted by Crippen LogP contribution is -2.14. The molecule has 0 fully saturated rings. The first kappa shape index (κ1) is 13.7. The van der Waals surface area contributed by atoms with E-state index in [1.807, 2.05) is 6.07 Å². The van der Waals surface area contributed by atoms with Crippen LogP contribution < -0.4 is 11.1 Å². The van der Waals surface area contributed by atoms with E-state index >= 15 is 0 Å². The number of amides is 2. The molecule has 0 aliphatic heterocycles. The zero-order valence-electron chi connectivity index (χ0n) is 11.5. The predicted molar refractivity (Wildman–Crippen MR) is 81.2 cm³/mol. The second-order valence-electron chi connectivity index (χ2n) is 4.78. The number of H-pyrrole nitrogens is 1.